The lowest BCUT2D eigenvalue weighted by Crippen LogP contribution is -2.46. The molecule has 2 aromatic carbocycles. The van der Waals surface area contributed by atoms with Crippen molar-refractivity contribution in [1.29, 1.82) is 10.5 Å². The van der Waals surface area contributed by atoms with E-state index < -0.39 is 17.2 Å². The molecule has 10 heterocycles. The van der Waals surface area contributed by atoms with Crippen LogP contribution in [0.5, 0.6) is 0 Å². The second-order valence-corrected chi connectivity index (χ2v) is 37.0. The van der Waals surface area contributed by atoms with Gasteiger partial charge in [-0.1, -0.05) is 111 Å². The lowest BCUT2D eigenvalue weighted by atomic mass is 9.91. The van der Waals surface area contributed by atoms with E-state index in [0.29, 0.717) is 53.8 Å². The number of nitriles is 2. The van der Waals surface area contributed by atoms with Crippen molar-refractivity contribution >= 4 is 64.8 Å². The van der Waals surface area contributed by atoms with Crippen LogP contribution in [-0.2, 0) is 20.7 Å². The van der Waals surface area contributed by atoms with Gasteiger partial charge >= 0.3 is 5.97 Å². The monoisotopic (exact) mass is 1530 g/mol. The van der Waals surface area contributed by atoms with Crippen LogP contribution >= 0.6 is 58.8 Å². The Morgan fingerprint density at radius 3 is 1.00 bits per heavy atom. The van der Waals surface area contributed by atoms with E-state index >= 15 is 0 Å². The summed E-state index contributed by atoms with van der Waals surface area (Å²) in [4.78, 5) is 51.1. The molecule has 0 unspecified atom stereocenters. The molecule has 0 atom stereocenters. The van der Waals surface area contributed by atoms with Gasteiger partial charge in [-0.2, -0.15) is 10.5 Å². The van der Waals surface area contributed by atoms with Crippen LogP contribution in [0, 0.1) is 38.9 Å². The van der Waals surface area contributed by atoms with Gasteiger partial charge in [0.2, 0.25) is 0 Å². The summed E-state index contributed by atoms with van der Waals surface area (Å²) in [7, 11) is 0. The lowest BCUT2D eigenvalue weighted by molar-refractivity contribution is -0.184. The smallest absolute Gasteiger partial charge is 0.337 e. The molecule has 108 heavy (non-hydrogen) atoms. The Morgan fingerprint density at radius 2 is 0.722 bits per heavy atom. The number of benzene rings is 2. The number of nitrogens with zero attached hydrogens (tertiary/aromatic N) is 10. The molecule has 0 radical (unpaired) electrons. The fourth-order valence-corrected chi connectivity index (χ4v) is 18.3. The summed E-state index contributed by atoms with van der Waals surface area (Å²) in [6, 6.07) is 41.4. The number of hydrogen-bond acceptors (Lipinski definition) is 20. The highest BCUT2D eigenvalue weighted by molar-refractivity contribution is 8.01. The molecule has 16 nitrogen and oxygen atoms in total. The van der Waals surface area contributed by atoms with Crippen LogP contribution in [0.2, 0.25) is 0 Å². The van der Waals surface area contributed by atoms with Gasteiger partial charge in [0.25, 0.3) is 0 Å². The van der Waals surface area contributed by atoms with Crippen LogP contribution in [0.25, 0.3) is 56.0 Å². The number of aromatic carboxylic acids is 1. The van der Waals surface area contributed by atoms with Gasteiger partial charge < -0.3 is 24.8 Å². The molecule has 21 heteroatoms. The van der Waals surface area contributed by atoms with Crippen LogP contribution < -0.4 is 0 Å². The number of carboxylic acids is 1. The summed E-state index contributed by atoms with van der Waals surface area (Å²) in [5, 5.41) is 47.3. The third-order valence-electron chi connectivity index (χ3n) is 19.9. The summed E-state index contributed by atoms with van der Waals surface area (Å²) < 4.78 is 10.5. The molecule has 558 valence electrons. The van der Waals surface area contributed by atoms with E-state index in [9.17, 15) is 15.0 Å². The Bertz CT molecular complexity index is 4740. The molecule has 3 N–H and O–H groups in total. The second-order valence-electron chi connectivity index (χ2n) is 30.2. The van der Waals surface area contributed by atoms with Crippen LogP contribution in [0.1, 0.15) is 153 Å². The molecule has 3 saturated carbocycles. The van der Waals surface area contributed by atoms with E-state index in [1.807, 2.05) is 139 Å². The normalized spacial score (nSPS) is 16.1. The predicted molar refractivity (Wildman–Crippen MR) is 437 cm³/mol. The first-order chi connectivity index (χ1) is 51.9. The zero-order chi connectivity index (χ0) is 76.6. The van der Waals surface area contributed by atoms with E-state index in [-0.39, 0.29) is 15.1 Å². The quantitative estimate of drug-likeness (QED) is 0.0534. The third-order valence-corrected chi connectivity index (χ3v) is 26.6. The SMILES string of the molecule is CC(C)(C)Sc1ccncc1-c1ccc(C#N)cn1.CC(C)(C)Sc1ccncc1-c1ccc(C2(O)COC2)cc1.CCC1(CSc2ccncc2-c2ccc(C#N)cn2)CC1.CCC1(CSc2ccncc2-c2ccc(C(=O)O)cn2)CC1.CCC1(CSc2ccncc2-c2ccc(C3(O)COC3)cc2)CC1. The van der Waals surface area contributed by atoms with Crippen LogP contribution in [-0.4, -0.2) is 114 Å². The highest BCUT2D eigenvalue weighted by Gasteiger charge is 2.43. The van der Waals surface area contributed by atoms with Gasteiger partial charge in [0, 0.05) is 160 Å². The van der Waals surface area contributed by atoms with Crippen LogP contribution in [0.4, 0.5) is 0 Å². The Kier molecular flexibility index (Phi) is 26.9. The third kappa shape index (κ3) is 21.8. The lowest BCUT2D eigenvalue weighted by Gasteiger charge is -2.36. The molecule has 0 bridgehead atoms. The summed E-state index contributed by atoms with van der Waals surface area (Å²) in [6.45, 7) is 21.5. The highest BCUT2D eigenvalue weighted by atomic mass is 32.2. The minimum atomic E-state index is -0.960. The summed E-state index contributed by atoms with van der Waals surface area (Å²) in [6.07, 6.45) is 34.9. The Balaban J connectivity index is 0.000000135. The Labute approximate surface area is 657 Å². The van der Waals surface area contributed by atoms with E-state index in [2.05, 4.69) is 157 Å². The molecule has 8 aromatic heterocycles. The molecule has 5 fully saturated rings. The standard InChI is InChI=1S/C20H23NO2S.C18H21NO2S.C17H17N3S.C17H18N2O2S.C15H15N3S/c1-2-19(8-9-19)14-24-18-7-10-21-11-17(18)15-3-5-16(6-4-15)20(22)12-23-13-20;1-17(2,3)22-16-8-9-19-10-15(16)13-4-6-14(7-5-13)18(20)11-21-12-18;1-2-17(6-7-17)12-21-16-5-8-19-11-14(16)15-4-3-13(9-18)10-20-15;1-2-17(6-7-17)11-22-15-5-8-18-10-13(15)14-4-3-12(9-19-14)16(20)21;1-15(2,3)19-14-6-7-17-10-12(14)13-5-4-11(8-16)9-18-13/h3-7,10-11,22H,2,8-9,12-14H2,1H3;4-10,20H,11-12H2,1-3H3;3-5,8,10-11H,2,6-7,12H2,1H3;3-5,8-10H,2,6-7,11H2,1H3,(H,20,21);4-7,9-10H,1-3H3. The fourth-order valence-electron chi connectivity index (χ4n) is 11.9. The number of pyridine rings is 8. The summed E-state index contributed by atoms with van der Waals surface area (Å²) in [5.41, 5.74) is 13.3. The number of rotatable bonds is 22. The van der Waals surface area contributed by atoms with Crippen molar-refractivity contribution in [2.45, 2.75) is 165 Å². The Morgan fingerprint density at radius 1 is 0.417 bits per heavy atom. The van der Waals surface area contributed by atoms with Crippen LogP contribution in [0.15, 0.2) is 220 Å². The van der Waals surface area contributed by atoms with E-state index in [1.165, 1.54) is 90.0 Å². The van der Waals surface area contributed by atoms with Crippen LogP contribution in [0.3, 0.4) is 0 Å². The molecular formula is C87H94N10O6S5. The number of ether oxygens (including phenoxy) is 2. The van der Waals surface area contributed by atoms with Crippen molar-refractivity contribution in [1.82, 2.24) is 39.9 Å². The van der Waals surface area contributed by atoms with E-state index in [1.54, 1.807) is 67.0 Å². The minimum absolute atomic E-state index is 0.128. The van der Waals surface area contributed by atoms with Gasteiger partial charge in [-0.25, -0.2) is 4.79 Å². The van der Waals surface area contributed by atoms with Gasteiger partial charge in [0.15, 0.2) is 0 Å². The number of carboxylic acid groups (broad SMARTS) is 1. The van der Waals surface area contributed by atoms with Gasteiger partial charge in [0.05, 0.1) is 60.2 Å². The molecule has 3 aliphatic carbocycles. The average Bonchev–Trinajstić information content (AvgIpc) is 1.59. The molecule has 2 aliphatic heterocycles. The van der Waals surface area contributed by atoms with Crippen molar-refractivity contribution in [3.05, 3.63) is 224 Å². The van der Waals surface area contributed by atoms with Gasteiger partial charge in [-0.3, -0.25) is 39.9 Å². The maximum Gasteiger partial charge on any atom is 0.337 e. The molecule has 15 rings (SSSR count). The van der Waals surface area contributed by atoms with Gasteiger partial charge in [-0.15, -0.1) is 58.8 Å². The second kappa shape index (κ2) is 36.0. The van der Waals surface area contributed by atoms with Gasteiger partial charge in [0.1, 0.15) is 23.3 Å². The number of aromatic nitrogens is 8. The Hall–Kier alpha value is -8.32. The minimum Gasteiger partial charge on any atom is -0.478 e. The fraction of sp³-hybridized carbons (Fsp3) is 0.368. The van der Waals surface area contributed by atoms with Crippen molar-refractivity contribution in [3.8, 4) is 68.2 Å². The van der Waals surface area contributed by atoms with Gasteiger partial charge in [-0.05, 0) is 163 Å². The molecule has 0 amide bonds. The molecule has 10 aromatic rings. The molecule has 5 aliphatic rings. The summed E-state index contributed by atoms with van der Waals surface area (Å²) >= 11 is 9.33. The first-order valence-corrected chi connectivity index (χ1v) is 41.2. The first kappa shape index (κ1) is 80.7. The van der Waals surface area contributed by atoms with Crippen molar-refractivity contribution in [3.63, 3.8) is 0 Å². The maximum absolute atomic E-state index is 10.9. The zero-order valence-electron chi connectivity index (χ0n) is 62.9. The molecule has 2 saturated heterocycles. The largest absolute Gasteiger partial charge is 0.478 e. The zero-order valence-corrected chi connectivity index (χ0v) is 67.0. The first-order valence-electron chi connectivity index (χ1n) is 36.6. The number of hydrogen-bond donors (Lipinski definition) is 3. The summed E-state index contributed by atoms with van der Waals surface area (Å²) in [5.74, 6) is 2.51. The van der Waals surface area contributed by atoms with Crippen molar-refractivity contribution < 1.29 is 29.6 Å². The average molecular weight is 1540 g/mol. The number of thioether (sulfide) groups is 5. The van der Waals surface area contributed by atoms with Crippen molar-refractivity contribution in [2.75, 3.05) is 43.7 Å². The number of carbonyl (C=O) groups is 1. The molecular weight excluding hydrogens is 1440 g/mol. The van der Waals surface area contributed by atoms with E-state index in [4.69, 9.17) is 25.1 Å². The maximum atomic E-state index is 10.9. The highest BCUT2D eigenvalue weighted by Crippen LogP contribution is 2.55. The molecule has 0 spiro atoms. The van der Waals surface area contributed by atoms with Crippen molar-refractivity contribution in [2.24, 2.45) is 16.2 Å². The number of aliphatic hydroxyl groups is 2. The topological polar surface area (TPSA) is 247 Å². The predicted octanol–water partition coefficient (Wildman–Crippen LogP) is 20.4. The van der Waals surface area contributed by atoms with E-state index in [0.717, 1.165) is 82.9 Å².